The van der Waals surface area contributed by atoms with E-state index in [-0.39, 0.29) is 12.1 Å². The molecule has 1 fully saturated rings. The summed E-state index contributed by atoms with van der Waals surface area (Å²) >= 11 is 0. The van der Waals surface area contributed by atoms with Crippen molar-refractivity contribution in [3.8, 4) is 5.88 Å². The molecule has 0 radical (unpaired) electrons. The van der Waals surface area contributed by atoms with Crippen molar-refractivity contribution in [1.82, 2.24) is 9.97 Å². The summed E-state index contributed by atoms with van der Waals surface area (Å²) in [6, 6.07) is 0. The Balaban J connectivity index is 2.19. The maximum atomic E-state index is 9.73. The molecule has 1 aromatic rings. The van der Waals surface area contributed by atoms with Crippen LogP contribution in [0.4, 0.5) is 11.5 Å². The van der Waals surface area contributed by atoms with Crippen LogP contribution in [0.1, 0.15) is 32.6 Å². The van der Waals surface area contributed by atoms with E-state index in [1.54, 1.807) is 0 Å². The van der Waals surface area contributed by atoms with Crippen molar-refractivity contribution in [2.45, 2.75) is 38.1 Å². The second-order valence-corrected chi connectivity index (χ2v) is 5.39. The molecule has 0 spiro atoms. The Bertz CT molecular complexity index is 431. The van der Waals surface area contributed by atoms with Crippen molar-refractivity contribution in [3.63, 3.8) is 0 Å². The van der Waals surface area contributed by atoms with Gasteiger partial charge in [-0.15, -0.1) is 0 Å². The van der Waals surface area contributed by atoms with E-state index in [4.69, 9.17) is 10.5 Å². The van der Waals surface area contributed by atoms with E-state index < -0.39 is 0 Å². The molecule has 0 aromatic carbocycles. The maximum Gasteiger partial charge on any atom is 0.242 e. The lowest BCUT2D eigenvalue weighted by molar-refractivity contribution is 0.155. The first-order valence-corrected chi connectivity index (χ1v) is 6.64. The number of aliphatic hydroxyl groups is 1. The van der Waals surface area contributed by atoms with Gasteiger partial charge in [0.05, 0.1) is 19.3 Å². The smallest absolute Gasteiger partial charge is 0.242 e. The number of nitrogens with two attached hydrogens (primary N) is 1. The Kier molecular flexibility index (Phi) is 4.09. The van der Waals surface area contributed by atoms with Crippen LogP contribution < -0.4 is 15.8 Å². The SMILES string of the molecule is COc1ncnc(NC2(CO)CCC(C)CC2)c1N. The van der Waals surface area contributed by atoms with Crippen LogP contribution in [-0.4, -0.2) is 34.3 Å². The van der Waals surface area contributed by atoms with Gasteiger partial charge in [-0.25, -0.2) is 4.98 Å². The highest BCUT2D eigenvalue weighted by Gasteiger charge is 2.34. The number of nitrogens with one attached hydrogen (secondary N) is 1. The minimum absolute atomic E-state index is 0.0749. The minimum Gasteiger partial charge on any atom is -0.479 e. The lowest BCUT2D eigenvalue weighted by atomic mass is 9.77. The molecule has 2 rings (SSSR count). The highest BCUT2D eigenvalue weighted by molar-refractivity contribution is 5.67. The molecule has 1 saturated carbocycles. The third-order valence-electron chi connectivity index (χ3n) is 3.96. The van der Waals surface area contributed by atoms with E-state index >= 15 is 0 Å². The van der Waals surface area contributed by atoms with Gasteiger partial charge in [0.1, 0.15) is 12.0 Å². The molecule has 6 heteroatoms. The molecule has 1 heterocycles. The number of aromatic nitrogens is 2. The van der Waals surface area contributed by atoms with E-state index in [1.807, 2.05) is 0 Å². The molecule has 0 amide bonds. The number of nitrogens with zero attached hydrogens (tertiary/aromatic N) is 2. The topological polar surface area (TPSA) is 93.3 Å². The summed E-state index contributed by atoms with van der Waals surface area (Å²) in [6.45, 7) is 2.31. The van der Waals surface area contributed by atoms with Gasteiger partial charge in [-0.05, 0) is 31.6 Å². The van der Waals surface area contributed by atoms with Crippen molar-refractivity contribution in [2.75, 3.05) is 24.8 Å². The van der Waals surface area contributed by atoms with Crippen LogP contribution in [0.15, 0.2) is 6.33 Å². The molecule has 0 saturated heterocycles. The van der Waals surface area contributed by atoms with Crippen molar-refractivity contribution < 1.29 is 9.84 Å². The number of ether oxygens (including phenoxy) is 1. The van der Waals surface area contributed by atoms with Crippen LogP contribution >= 0.6 is 0 Å². The number of hydrogen-bond donors (Lipinski definition) is 3. The van der Waals surface area contributed by atoms with Crippen molar-refractivity contribution >= 4 is 11.5 Å². The highest BCUT2D eigenvalue weighted by Crippen LogP contribution is 2.36. The number of methoxy groups -OCH3 is 1. The van der Waals surface area contributed by atoms with Crippen LogP contribution in [0.3, 0.4) is 0 Å². The molecule has 19 heavy (non-hydrogen) atoms. The van der Waals surface area contributed by atoms with Gasteiger partial charge >= 0.3 is 0 Å². The molecular formula is C13H22N4O2. The van der Waals surface area contributed by atoms with Gasteiger partial charge in [0, 0.05) is 0 Å². The monoisotopic (exact) mass is 266 g/mol. The third-order valence-corrected chi connectivity index (χ3v) is 3.96. The maximum absolute atomic E-state index is 9.73. The third kappa shape index (κ3) is 2.89. The summed E-state index contributed by atoms with van der Waals surface area (Å²) in [6.07, 6.45) is 5.42. The summed E-state index contributed by atoms with van der Waals surface area (Å²) in [5.74, 6) is 1.60. The Hall–Kier alpha value is -1.56. The Morgan fingerprint density at radius 2 is 2.16 bits per heavy atom. The first-order valence-electron chi connectivity index (χ1n) is 6.64. The summed E-state index contributed by atoms with van der Waals surface area (Å²) in [4.78, 5) is 8.10. The average molecular weight is 266 g/mol. The van der Waals surface area contributed by atoms with Gasteiger partial charge in [-0.3, -0.25) is 0 Å². The summed E-state index contributed by atoms with van der Waals surface area (Å²) in [5, 5.41) is 13.0. The van der Waals surface area contributed by atoms with Crippen molar-refractivity contribution in [3.05, 3.63) is 6.33 Å². The predicted octanol–water partition coefficient (Wildman–Crippen LogP) is 1.42. The fourth-order valence-corrected chi connectivity index (χ4v) is 2.53. The van der Waals surface area contributed by atoms with Crippen LogP contribution in [0.25, 0.3) is 0 Å². The summed E-state index contributed by atoms with van der Waals surface area (Å²) < 4.78 is 5.08. The predicted molar refractivity (Wildman–Crippen MR) is 74.1 cm³/mol. The van der Waals surface area contributed by atoms with Gasteiger partial charge in [-0.2, -0.15) is 4.98 Å². The number of anilines is 2. The summed E-state index contributed by atoms with van der Waals surface area (Å²) in [7, 11) is 1.52. The van der Waals surface area contributed by atoms with E-state index in [2.05, 4.69) is 22.2 Å². The lowest BCUT2D eigenvalue weighted by Crippen LogP contribution is -2.45. The molecule has 6 nitrogen and oxygen atoms in total. The second-order valence-electron chi connectivity index (χ2n) is 5.39. The Labute approximate surface area is 113 Å². The van der Waals surface area contributed by atoms with Gasteiger partial charge in [0.15, 0.2) is 5.82 Å². The number of aliphatic hydroxyl groups excluding tert-OH is 1. The van der Waals surface area contributed by atoms with Crippen molar-refractivity contribution in [2.24, 2.45) is 5.92 Å². The Morgan fingerprint density at radius 3 is 2.74 bits per heavy atom. The highest BCUT2D eigenvalue weighted by atomic mass is 16.5. The number of rotatable bonds is 4. The molecule has 0 aliphatic heterocycles. The fourth-order valence-electron chi connectivity index (χ4n) is 2.53. The van der Waals surface area contributed by atoms with Crippen LogP contribution in [0.2, 0.25) is 0 Å². The molecule has 0 atom stereocenters. The van der Waals surface area contributed by atoms with E-state index in [9.17, 15) is 5.11 Å². The average Bonchev–Trinajstić information content (AvgIpc) is 2.44. The molecule has 4 N–H and O–H groups in total. The standard InChI is InChI=1S/C13H22N4O2/c1-9-3-5-13(7-18,6-4-9)17-11-10(14)12(19-2)16-8-15-11/h8-9,18H,3-7,14H2,1-2H3,(H,15,16,17). The van der Waals surface area contributed by atoms with Crippen LogP contribution in [0.5, 0.6) is 5.88 Å². The zero-order valence-corrected chi connectivity index (χ0v) is 11.5. The largest absolute Gasteiger partial charge is 0.479 e. The zero-order chi connectivity index (χ0) is 13.9. The van der Waals surface area contributed by atoms with E-state index in [0.717, 1.165) is 25.7 Å². The molecular weight excluding hydrogens is 244 g/mol. The van der Waals surface area contributed by atoms with Gasteiger partial charge in [0.2, 0.25) is 5.88 Å². The molecule has 1 aliphatic rings. The van der Waals surface area contributed by atoms with Crippen molar-refractivity contribution in [1.29, 1.82) is 0 Å². The molecule has 1 aliphatic carbocycles. The fraction of sp³-hybridized carbons (Fsp3) is 0.692. The quantitative estimate of drug-likeness (QED) is 0.763. The summed E-state index contributed by atoms with van der Waals surface area (Å²) in [5.41, 5.74) is 6.01. The van der Waals surface area contributed by atoms with Gasteiger partial charge in [0.25, 0.3) is 0 Å². The number of nitrogen functional groups attached to an aromatic ring is 1. The normalized spacial score (nSPS) is 27.0. The first-order chi connectivity index (χ1) is 9.10. The molecule has 0 bridgehead atoms. The van der Waals surface area contributed by atoms with E-state index in [0.29, 0.717) is 23.3 Å². The zero-order valence-electron chi connectivity index (χ0n) is 11.5. The Morgan fingerprint density at radius 1 is 1.47 bits per heavy atom. The number of hydrogen-bond acceptors (Lipinski definition) is 6. The van der Waals surface area contributed by atoms with Gasteiger partial charge in [-0.1, -0.05) is 6.92 Å². The molecule has 0 unspecified atom stereocenters. The minimum atomic E-state index is -0.333. The molecule has 1 aromatic heterocycles. The first kappa shape index (κ1) is 13.9. The van der Waals surface area contributed by atoms with Gasteiger partial charge < -0.3 is 20.9 Å². The lowest BCUT2D eigenvalue weighted by Gasteiger charge is -2.39. The van der Waals surface area contributed by atoms with Crippen LogP contribution in [0, 0.1) is 5.92 Å². The second kappa shape index (κ2) is 5.61. The van der Waals surface area contributed by atoms with Crippen LogP contribution in [-0.2, 0) is 0 Å². The molecule has 106 valence electrons. The van der Waals surface area contributed by atoms with E-state index in [1.165, 1.54) is 13.4 Å².